The Morgan fingerprint density at radius 3 is 2.41 bits per heavy atom. The summed E-state index contributed by atoms with van der Waals surface area (Å²) in [6, 6.07) is 6.01. The highest BCUT2D eigenvalue weighted by molar-refractivity contribution is 6.07. The van der Waals surface area contributed by atoms with E-state index in [1.165, 1.54) is 6.42 Å². The number of imidazole rings is 1. The normalized spacial score (nSPS) is 19.2. The average Bonchev–Trinajstić information content (AvgIpc) is 3.10. The standard InChI is InChI=1S/C24H25F2N5O/c1-12-5-13(2)11-30(10-12)20-6-14(3)28-22-15(20)7-16(24(32)27-4)23-29-19-8-17(25)18(26)9-21(19)31(22)23/h6-9,12-13H,5,10-11H2,1-4H3,(H,27,32)/t12-,13+. The fraction of sp³-hybridized carbons (Fsp3) is 0.375. The van der Waals surface area contributed by atoms with Crippen molar-refractivity contribution >= 4 is 39.3 Å². The number of carbonyl (C=O) groups is 1. The van der Waals surface area contributed by atoms with Gasteiger partial charge in [-0.15, -0.1) is 0 Å². The molecule has 1 fully saturated rings. The predicted octanol–water partition coefficient (Wildman–Crippen LogP) is 4.46. The van der Waals surface area contributed by atoms with E-state index in [0.29, 0.717) is 34.2 Å². The molecular weight excluding hydrogens is 412 g/mol. The SMILES string of the molecule is CNC(=O)c1cc2c(N3C[C@H](C)C[C@H](C)C3)cc(C)nc2n2c1nc1cc(F)c(F)cc12. The van der Waals surface area contributed by atoms with Gasteiger partial charge in [-0.1, -0.05) is 13.8 Å². The second kappa shape index (κ2) is 7.39. The Morgan fingerprint density at radius 1 is 1.03 bits per heavy atom. The summed E-state index contributed by atoms with van der Waals surface area (Å²) in [5.74, 6) is -1.19. The maximum atomic E-state index is 14.2. The Kier molecular flexibility index (Phi) is 4.76. The van der Waals surface area contributed by atoms with Crippen LogP contribution in [-0.2, 0) is 0 Å². The molecule has 0 saturated carbocycles. The summed E-state index contributed by atoms with van der Waals surface area (Å²) in [6.45, 7) is 8.21. The molecule has 6 nitrogen and oxygen atoms in total. The van der Waals surface area contributed by atoms with Gasteiger partial charge >= 0.3 is 0 Å². The number of nitrogens with one attached hydrogen (secondary N) is 1. The summed E-state index contributed by atoms with van der Waals surface area (Å²) in [5.41, 5.74) is 3.66. The lowest BCUT2D eigenvalue weighted by atomic mass is 9.91. The number of hydrogen-bond acceptors (Lipinski definition) is 4. The summed E-state index contributed by atoms with van der Waals surface area (Å²) in [5, 5.41) is 3.44. The van der Waals surface area contributed by atoms with E-state index in [1.54, 1.807) is 17.5 Å². The lowest BCUT2D eigenvalue weighted by Crippen LogP contribution is -2.39. The first-order valence-electron chi connectivity index (χ1n) is 10.9. The van der Waals surface area contributed by atoms with E-state index in [1.807, 2.05) is 13.0 Å². The first kappa shape index (κ1) is 20.6. The van der Waals surface area contributed by atoms with Crippen LogP contribution in [0.3, 0.4) is 0 Å². The minimum absolute atomic E-state index is 0.270. The van der Waals surface area contributed by atoms with E-state index in [9.17, 15) is 13.6 Å². The number of benzene rings is 1. The number of rotatable bonds is 2. The third kappa shape index (κ3) is 3.16. The van der Waals surface area contributed by atoms with Gasteiger partial charge in [0.2, 0.25) is 0 Å². The van der Waals surface area contributed by atoms with Crippen molar-refractivity contribution in [1.29, 1.82) is 0 Å². The van der Waals surface area contributed by atoms with Gasteiger partial charge in [0.25, 0.3) is 5.91 Å². The molecule has 0 radical (unpaired) electrons. The number of halogens is 2. The summed E-state index contributed by atoms with van der Waals surface area (Å²) in [6.07, 6.45) is 1.17. The molecular formula is C24H25F2N5O. The second-order valence-corrected chi connectivity index (χ2v) is 9.03. The molecule has 1 aliphatic heterocycles. The van der Waals surface area contributed by atoms with Crippen LogP contribution >= 0.6 is 0 Å². The van der Waals surface area contributed by atoms with Gasteiger partial charge in [-0.3, -0.25) is 9.20 Å². The van der Waals surface area contributed by atoms with Crippen LogP contribution < -0.4 is 10.2 Å². The van der Waals surface area contributed by atoms with Crippen LogP contribution in [0.25, 0.3) is 27.7 Å². The molecule has 166 valence electrons. The number of piperidine rings is 1. The van der Waals surface area contributed by atoms with Gasteiger partial charge in [0.15, 0.2) is 17.3 Å². The smallest absolute Gasteiger partial charge is 0.254 e. The van der Waals surface area contributed by atoms with Crippen LogP contribution in [0, 0.1) is 30.4 Å². The molecule has 1 amide bonds. The van der Waals surface area contributed by atoms with E-state index in [4.69, 9.17) is 4.98 Å². The Balaban J connectivity index is 1.91. The number of fused-ring (bicyclic) bond motifs is 5. The zero-order valence-corrected chi connectivity index (χ0v) is 18.5. The number of carbonyl (C=O) groups excluding carboxylic acids is 1. The zero-order valence-electron chi connectivity index (χ0n) is 18.5. The largest absolute Gasteiger partial charge is 0.370 e. The van der Waals surface area contributed by atoms with Crippen molar-refractivity contribution in [1.82, 2.24) is 19.7 Å². The van der Waals surface area contributed by atoms with Gasteiger partial charge in [-0.25, -0.2) is 18.7 Å². The number of pyridine rings is 2. The van der Waals surface area contributed by atoms with Crippen LogP contribution in [0.5, 0.6) is 0 Å². The van der Waals surface area contributed by atoms with E-state index < -0.39 is 11.6 Å². The maximum absolute atomic E-state index is 14.2. The third-order valence-corrected chi connectivity index (χ3v) is 6.26. The van der Waals surface area contributed by atoms with Gasteiger partial charge in [0, 0.05) is 49.0 Å². The minimum atomic E-state index is -0.979. The van der Waals surface area contributed by atoms with Crippen molar-refractivity contribution in [2.24, 2.45) is 11.8 Å². The lowest BCUT2D eigenvalue weighted by Gasteiger charge is -2.37. The molecule has 32 heavy (non-hydrogen) atoms. The van der Waals surface area contributed by atoms with Crippen molar-refractivity contribution in [2.75, 3.05) is 25.0 Å². The van der Waals surface area contributed by atoms with Crippen LogP contribution in [0.15, 0.2) is 24.3 Å². The summed E-state index contributed by atoms with van der Waals surface area (Å²) >= 11 is 0. The quantitative estimate of drug-likeness (QED) is 0.503. The number of hydrogen-bond donors (Lipinski definition) is 1. The van der Waals surface area contributed by atoms with Gasteiger partial charge < -0.3 is 10.2 Å². The number of nitrogens with zero attached hydrogens (tertiary/aromatic N) is 4. The first-order valence-corrected chi connectivity index (χ1v) is 10.9. The Bertz CT molecular complexity index is 1390. The molecule has 1 N–H and O–H groups in total. The fourth-order valence-corrected chi connectivity index (χ4v) is 5.06. The molecule has 4 heterocycles. The number of amides is 1. The van der Waals surface area contributed by atoms with Crippen LogP contribution in [0.4, 0.5) is 14.5 Å². The minimum Gasteiger partial charge on any atom is -0.370 e. The molecule has 1 aliphatic rings. The summed E-state index contributed by atoms with van der Waals surface area (Å²) < 4.78 is 29.8. The Morgan fingerprint density at radius 2 is 1.72 bits per heavy atom. The molecule has 8 heteroatoms. The molecule has 0 aliphatic carbocycles. The highest BCUT2D eigenvalue weighted by Gasteiger charge is 2.26. The zero-order chi connectivity index (χ0) is 22.7. The van der Waals surface area contributed by atoms with Gasteiger partial charge in [0.1, 0.15) is 5.65 Å². The van der Waals surface area contributed by atoms with Gasteiger partial charge in [0.05, 0.1) is 16.6 Å². The number of aryl methyl sites for hydroxylation is 1. The second-order valence-electron chi connectivity index (χ2n) is 9.03. The van der Waals surface area contributed by atoms with E-state index in [-0.39, 0.29) is 11.4 Å². The topological polar surface area (TPSA) is 62.5 Å². The van der Waals surface area contributed by atoms with Crippen molar-refractivity contribution in [3.05, 3.63) is 47.2 Å². The predicted molar refractivity (Wildman–Crippen MR) is 121 cm³/mol. The Hall–Kier alpha value is -3.29. The van der Waals surface area contributed by atoms with E-state index >= 15 is 0 Å². The van der Waals surface area contributed by atoms with E-state index in [2.05, 4.69) is 29.0 Å². The van der Waals surface area contributed by atoms with Crippen molar-refractivity contribution in [3.63, 3.8) is 0 Å². The Labute approximate surface area is 184 Å². The van der Waals surface area contributed by atoms with Crippen LogP contribution in [0.1, 0.15) is 36.3 Å². The average molecular weight is 437 g/mol. The molecule has 2 atom stereocenters. The van der Waals surface area contributed by atoms with Gasteiger partial charge in [-0.2, -0.15) is 0 Å². The van der Waals surface area contributed by atoms with Crippen LogP contribution in [0.2, 0.25) is 0 Å². The lowest BCUT2D eigenvalue weighted by molar-refractivity contribution is 0.0964. The monoisotopic (exact) mass is 437 g/mol. The molecule has 0 bridgehead atoms. The summed E-state index contributed by atoms with van der Waals surface area (Å²) in [7, 11) is 1.55. The number of anilines is 1. The van der Waals surface area contributed by atoms with Crippen molar-refractivity contribution < 1.29 is 13.6 Å². The fourth-order valence-electron chi connectivity index (χ4n) is 5.06. The van der Waals surface area contributed by atoms with E-state index in [0.717, 1.165) is 42.0 Å². The molecule has 4 aromatic rings. The third-order valence-electron chi connectivity index (χ3n) is 6.26. The molecule has 0 unspecified atom stereocenters. The maximum Gasteiger partial charge on any atom is 0.254 e. The molecule has 1 saturated heterocycles. The van der Waals surface area contributed by atoms with Gasteiger partial charge in [-0.05, 0) is 37.3 Å². The first-order chi connectivity index (χ1) is 15.3. The molecule has 0 spiro atoms. The highest BCUT2D eigenvalue weighted by atomic mass is 19.2. The van der Waals surface area contributed by atoms with Crippen LogP contribution in [-0.4, -0.2) is 40.4 Å². The highest BCUT2D eigenvalue weighted by Crippen LogP contribution is 2.35. The number of aromatic nitrogens is 3. The van der Waals surface area contributed by atoms with Crippen molar-refractivity contribution in [2.45, 2.75) is 27.2 Å². The molecule has 1 aromatic carbocycles. The van der Waals surface area contributed by atoms with Crippen molar-refractivity contribution in [3.8, 4) is 0 Å². The molecule has 3 aromatic heterocycles. The molecule has 5 rings (SSSR count). The summed E-state index contributed by atoms with van der Waals surface area (Å²) in [4.78, 5) is 24.4.